The van der Waals surface area contributed by atoms with E-state index in [2.05, 4.69) is 45.7 Å². The number of fused-ring (bicyclic) bond motifs is 1. The molecule has 142 valence electrons. The maximum absolute atomic E-state index is 11.9. The van der Waals surface area contributed by atoms with E-state index >= 15 is 0 Å². The molecule has 1 aliphatic heterocycles. The molecule has 0 spiro atoms. The van der Waals surface area contributed by atoms with Crippen molar-refractivity contribution in [2.45, 2.75) is 51.4 Å². The first-order valence-corrected chi connectivity index (χ1v) is 9.34. The molecule has 1 amide bonds. The lowest BCUT2D eigenvalue weighted by Gasteiger charge is -2.32. The van der Waals surface area contributed by atoms with Gasteiger partial charge in [0.15, 0.2) is 5.65 Å². The molecule has 1 aliphatic rings. The predicted octanol–water partition coefficient (Wildman–Crippen LogP) is 1.86. The van der Waals surface area contributed by atoms with Gasteiger partial charge in [0.1, 0.15) is 0 Å². The summed E-state index contributed by atoms with van der Waals surface area (Å²) in [6.45, 7) is 4.88. The molecule has 0 aliphatic carbocycles. The molecule has 2 N–H and O–H groups in total. The lowest BCUT2D eigenvalue weighted by Crippen LogP contribution is -2.48. The Morgan fingerprint density at radius 3 is 2.89 bits per heavy atom. The van der Waals surface area contributed by atoms with Crippen LogP contribution in [0.2, 0.25) is 0 Å². The summed E-state index contributed by atoms with van der Waals surface area (Å²) < 4.78 is 3.69. The summed E-state index contributed by atoms with van der Waals surface area (Å²) in [5, 5.41) is 16.4. The summed E-state index contributed by atoms with van der Waals surface area (Å²) in [5.74, 6) is 0.0890. The van der Waals surface area contributed by atoms with Crippen molar-refractivity contribution in [1.29, 1.82) is 0 Å². The zero-order chi connectivity index (χ0) is 19.0. The van der Waals surface area contributed by atoms with Crippen molar-refractivity contribution in [1.82, 2.24) is 35.2 Å². The van der Waals surface area contributed by atoms with Crippen LogP contribution in [0.5, 0.6) is 0 Å². The Kier molecular flexibility index (Phi) is 4.65. The van der Waals surface area contributed by atoms with Crippen LogP contribution in [0.1, 0.15) is 49.9 Å². The third-order valence-corrected chi connectivity index (χ3v) is 5.03. The summed E-state index contributed by atoms with van der Waals surface area (Å²) in [6.07, 6.45) is 8.87. The van der Waals surface area contributed by atoms with Crippen LogP contribution < -0.4 is 10.6 Å². The fraction of sp³-hybridized carbons (Fsp3) is 0.474. The predicted molar refractivity (Wildman–Crippen MR) is 102 cm³/mol. The first-order chi connectivity index (χ1) is 13.0. The van der Waals surface area contributed by atoms with Crippen molar-refractivity contribution in [2.24, 2.45) is 7.05 Å². The Balaban J connectivity index is 1.49. The van der Waals surface area contributed by atoms with E-state index in [1.807, 2.05) is 36.5 Å². The summed E-state index contributed by atoms with van der Waals surface area (Å²) >= 11 is 0. The summed E-state index contributed by atoms with van der Waals surface area (Å²) in [6, 6.07) is 2.49. The number of piperidine rings is 1. The van der Waals surface area contributed by atoms with E-state index < -0.39 is 0 Å². The minimum absolute atomic E-state index is 0.0691. The second-order valence-corrected chi connectivity index (χ2v) is 7.46. The van der Waals surface area contributed by atoms with Gasteiger partial charge in [-0.15, -0.1) is 0 Å². The Morgan fingerprint density at radius 1 is 1.30 bits per heavy atom. The molecule has 3 aromatic rings. The Morgan fingerprint density at radius 2 is 2.15 bits per heavy atom. The van der Waals surface area contributed by atoms with Crippen molar-refractivity contribution in [3.8, 4) is 0 Å². The highest BCUT2D eigenvalue weighted by molar-refractivity contribution is 5.77. The molecule has 2 atom stereocenters. The molecule has 8 heteroatoms. The van der Waals surface area contributed by atoms with Crippen LogP contribution in [0.3, 0.4) is 0 Å². The number of hydrogen-bond acceptors (Lipinski definition) is 5. The molecule has 3 aromatic heterocycles. The first kappa shape index (κ1) is 17.7. The topological polar surface area (TPSA) is 89.7 Å². The maximum atomic E-state index is 11.9. The normalized spacial score (nSPS) is 20.4. The summed E-state index contributed by atoms with van der Waals surface area (Å²) in [7, 11) is 1.88. The van der Waals surface area contributed by atoms with Gasteiger partial charge < -0.3 is 10.6 Å². The number of rotatable bonds is 5. The minimum atomic E-state index is -0.0691. The molecule has 0 unspecified atom stereocenters. The monoisotopic (exact) mass is 367 g/mol. The quantitative estimate of drug-likeness (QED) is 0.718. The van der Waals surface area contributed by atoms with Gasteiger partial charge in [-0.05, 0) is 31.9 Å². The van der Waals surface area contributed by atoms with Gasteiger partial charge in [0.25, 0.3) is 0 Å². The van der Waals surface area contributed by atoms with Crippen molar-refractivity contribution < 1.29 is 4.79 Å². The third kappa shape index (κ3) is 3.57. The standard InChI is InChI=1S/C19H25N7O/c1-12(2)26-19-14(9-23-26)6-13(8-21-19)7-20-16-4-5-17(27)24-18(16)15-10-22-25(3)11-15/h6,8-12,16,18,20H,4-5,7H2,1-3H3,(H,24,27)/t16-,18+/m1/s1. The van der Waals surface area contributed by atoms with E-state index in [-0.39, 0.29) is 24.0 Å². The molecule has 4 rings (SSSR count). The van der Waals surface area contributed by atoms with Gasteiger partial charge in [-0.1, -0.05) is 0 Å². The van der Waals surface area contributed by atoms with Crippen molar-refractivity contribution in [3.05, 3.63) is 42.0 Å². The van der Waals surface area contributed by atoms with Crippen molar-refractivity contribution >= 4 is 16.9 Å². The maximum Gasteiger partial charge on any atom is 0.220 e. The molecule has 27 heavy (non-hydrogen) atoms. The average Bonchev–Trinajstić information content (AvgIpc) is 3.26. The fourth-order valence-corrected chi connectivity index (χ4v) is 3.64. The molecule has 0 radical (unpaired) electrons. The van der Waals surface area contributed by atoms with E-state index in [9.17, 15) is 4.79 Å². The fourth-order valence-electron chi connectivity index (χ4n) is 3.64. The van der Waals surface area contributed by atoms with Crippen LogP contribution in [-0.4, -0.2) is 36.5 Å². The molecule has 0 bridgehead atoms. The zero-order valence-corrected chi connectivity index (χ0v) is 15.9. The molecular formula is C19H25N7O. The van der Waals surface area contributed by atoms with Gasteiger partial charge in [-0.2, -0.15) is 10.2 Å². The largest absolute Gasteiger partial charge is 0.348 e. The molecular weight excluding hydrogens is 342 g/mol. The summed E-state index contributed by atoms with van der Waals surface area (Å²) in [4.78, 5) is 16.5. The first-order valence-electron chi connectivity index (χ1n) is 9.34. The van der Waals surface area contributed by atoms with Crippen LogP contribution in [0.25, 0.3) is 11.0 Å². The number of aryl methyl sites for hydroxylation is 1. The zero-order valence-electron chi connectivity index (χ0n) is 15.9. The van der Waals surface area contributed by atoms with Crippen LogP contribution in [0, 0.1) is 0 Å². The second kappa shape index (κ2) is 7.11. The highest BCUT2D eigenvalue weighted by Gasteiger charge is 2.30. The number of nitrogens with one attached hydrogen (secondary N) is 2. The Labute approximate surface area is 158 Å². The van der Waals surface area contributed by atoms with Gasteiger partial charge in [0.2, 0.25) is 5.91 Å². The van der Waals surface area contributed by atoms with Crippen LogP contribution in [-0.2, 0) is 18.4 Å². The van der Waals surface area contributed by atoms with Crippen LogP contribution in [0.15, 0.2) is 30.9 Å². The number of nitrogens with zero attached hydrogens (tertiary/aromatic N) is 5. The van der Waals surface area contributed by atoms with E-state index in [4.69, 9.17) is 0 Å². The van der Waals surface area contributed by atoms with Crippen molar-refractivity contribution in [2.75, 3.05) is 0 Å². The number of hydrogen-bond donors (Lipinski definition) is 2. The lowest BCUT2D eigenvalue weighted by molar-refractivity contribution is -0.123. The van der Waals surface area contributed by atoms with E-state index in [1.54, 1.807) is 4.68 Å². The number of pyridine rings is 1. The summed E-state index contributed by atoms with van der Waals surface area (Å²) in [5.41, 5.74) is 3.04. The molecule has 4 heterocycles. The van der Waals surface area contributed by atoms with Gasteiger partial charge >= 0.3 is 0 Å². The van der Waals surface area contributed by atoms with Gasteiger partial charge in [0.05, 0.1) is 18.4 Å². The number of aromatic nitrogens is 5. The van der Waals surface area contributed by atoms with E-state index in [1.165, 1.54) is 0 Å². The van der Waals surface area contributed by atoms with Gasteiger partial charge in [-0.3, -0.25) is 9.48 Å². The Bertz CT molecular complexity index is 958. The number of carbonyl (C=O) groups excluding carboxylic acids is 1. The van der Waals surface area contributed by atoms with Crippen LogP contribution >= 0.6 is 0 Å². The Hall–Kier alpha value is -2.74. The SMILES string of the molecule is CC(C)n1ncc2cc(CN[C@@H]3CCC(=O)N[C@H]3c3cnn(C)c3)cnc21. The molecule has 1 fully saturated rings. The molecule has 8 nitrogen and oxygen atoms in total. The average molecular weight is 367 g/mol. The third-order valence-electron chi connectivity index (χ3n) is 5.03. The lowest BCUT2D eigenvalue weighted by atomic mass is 9.93. The number of carbonyl (C=O) groups is 1. The van der Waals surface area contributed by atoms with E-state index in [0.29, 0.717) is 13.0 Å². The molecule has 1 saturated heterocycles. The van der Waals surface area contributed by atoms with Crippen LogP contribution in [0.4, 0.5) is 0 Å². The molecule has 0 aromatic carbocycles. The smallest absolute Gasteiger partial charge is 0.220 e. The molecule has 0 saturated carbocycles. The second-order valence-electron chi connectivity index (χ2n) is 7.46. The highest BCUT2D eigenvalue weighted by Crippen LogP contribution is 2.24. The highest BCUT2D eigenvalue weighted by atomic mass is 16.1. The number of amides is 1. The van der Waals surface area contributed by atoms with Crippen molar-refractivity contribution in [3.63, 3.8) is 0 Å². The van der Waals surface area contributed by atoms with Gasteiger partial charge in [0, 0.05) is 55.4 Å². The van der Waals surface area contributed by atoms with E-state index in [0.717, 1.165) is 28.6 Å². The van der Waals surface area contributed by atoms with Gasteiger partial charge in [-0.25, -0.2) is 9.67 Å². The minimum Gasteiger partial charge on any atom is -0.348 e.